The van der Waals surface area contributed by atoms with Crippen molar-refractivity contribution in [1.82, 2.24) is 15.0 Å². The summed E-state index contributed by atoms with van der Waals surface area (Å²) in [5, 5.41) is 10.1. The predicted octanol–water partition coefficient (Wildman–Crippen LogP) is 1.88. The number of ether oxygens (including phenoxy) is 1. The molecule has 22 heavy (non-hydrogen) atoms. The standard InChI is InChI=1S/C15H18N4O3/c1-10(2)9-22-15(21)11-4-6-12(7-5-11)16-14(20)13-8-19(3)18-17-13/h4-8,10H,9H2,1-3H3,(H,16,20). The second-order valence-corrected chi connectivity index (χ2v) is 5.30. The van der Waals surface area contributed by atoms with Gasteiger partial charge in [-0.3, -0.25) is 9.48 Å². The van der Waals surface area contributed by atoms with Gasteiger partial charge in [0.05, 0.1) is 18.4 Å². The number of amides is 1. The van der Waals surface area contributed by atoms with Crippen LogP contribution in [0.3, 0.4) is 0 Å². The number of aryl methyl sites for hydroxylation is 1. The Labute approximate surface area is 128 Å². The average molecular weight is 302 g/mol. The molecule has 0 aliphatic heterocycles. The number of nitrogens with one attached hydrogen (secondary N) is 1. The van der Waals surface area contributed by atoms with Gasteiger partial charge in [-0.25, -0.2) is 4.79 Å². The second kappa shape index (κ2) is 6.84. The SMILES string of the molecule is CC(C)COC(=O)c1ccc(NC(=O)c2cn(C)nn2)cc1. The maximum absolute atomic E-state index is 11.9. The molecule has 1 aromatic carbocycles. The molecule has 0 radical (unpaired) electrons. The van der Waals surface area contributed by atoms with Crippen molar-refractivity contribution in [2.24, 2.45) is 13.0 Å². The lowest BCUT2D eigenvalue weighted by atomic mass is 10.2. The molecule has 0 aliphatic rings. The number of benzene rings is 1. The summed E-state index contributed by atoms with van der Waals surface area (Å²) in [7, 11) is 1.68. The van der Waals surface area contributed by atoms with Gasteiger partial charge in [-0.2, -0.15) is 0 Å². The fourth-order valence-corrected chi connectivity index (χ4v) is 1.66. The van der Waals surface area contributed by atoms with Crippen LogP contribution in [0.5, 0.6) is 0 Å². The van der Waals surface area contributed by atoms with Crippen molar-refractivity contribution >= 4 is 17.6 Å². The summed E-state index contributed by atoms with van der Waals surface area (Å²) in [6, 6.07) is 6.49. The van der Waals surface area contributed by atoms with Crippen molar-refractivity contribution in [3.05, 3.63) is 41.7 Å². The maximum Gasteiger partial charge on any atom is 0.338 e. The minimum Gasteiger partial charge on any atom is -0.462 e. The first-order valence-corrected chi connectivity index (χ1v) is 6.90. The predicted molar refractivity (Wildman–Crippen MR) is 80.5 cm³/mol. The van der Waals surface area contributed by atoms with Gasteiger partial charge in [-0.05, 0) is 30.2 Å². The van der Waals surface area contributed by atoms with Crippen molar-refractivity contribution in [1.29, 1.82) is 0 Å². The molecule has 0 aliphatic carbocycles. The van der Waals surface area contributed by atoms with Crippen molar-refractivity contribution in [2.75, 3.05) is 11.9 Å². The van der Waals surface area contributed by atoms with Gasteiger partial charge >= 0.3 is 5.97 Å². The molecule has 0 saturated carbocycles. The Morgan fingerprint density at radius 3 is 2.50 bits per heavy atom. The minimum absolute atomic E-state index is 0.225. The fourth-order valence-electron chi connectivity index (χ4n) is 1.66. The largest absolute Gasteiger partial charge is 0.462 e. The van der Waals surface area contributed by atoms with E-state index in [0.717, 1.165) is 0 Å². The molecule has 7 nitrogen and oxygen atoms in total. The third-order valence-electron chi connectivity index (χ3n) is 2.76. The van der Waals surface area contributed by atoms with Gasteiger partial charge in [0, 0.05) is 12.7 Å². The molecule has 2 aromatic rings. The van der Waals surface area contributed by atoms with E-state index in [1.165, 1.54) is 10.9 Å². The van der Waals surface area contributed by atoms with Crippen LogP contribution in [-0.4, -0.2) is 33.5 Å². The number of nitrogens with zero attached hydrogens (tertiary/aromatic N) is 3. The quantitative estimate of drug-likeness (QED) is 0.852. The van der Waals surface area contributed by atoms with Crippen LogP contribution in [0.15, 0.2) is 30.5 Å². The zero-order chi connectivity index (χ0) is 16.1. The number of anilines is 1. The van der Waals surface area contributed by atoms with Gasteiger partial charge in [0.15, 0.2) is 5.69 Å². The molecule has 1 N–H and O–H groups in total. The summed E-state index contributed by atoms with van der Waals surface area (Å²) in [5.74, 6) is -0.446. The summed E-state index contributed by atoms with van der Waals surface area (Å²) in [5.41, 5.74) is 1.23. The number of carbonyl (C=O) groups is 2. The van der Waals surface area contributed by atoms with Gasteiger partial charge in [0.2, 0.25) is 0 Å². The van der Waals surface area contributed by atoms with E-state index < -0.39 is 0 Å². The van der Waals surface area contributed by atoms with Gasteiger partial charge in [0.1, 0.15) is 0 Å². The number of esters is 1. The molecule has 1 heterocycles. The number of rotatable bonds is 5. The maximum atomic E-state index is 11.9. The normalized spacial score (nSPS) is 10.5. The topological polar surface area (TPSA) is 86.1 Å². The summed E-state index contributed by atoms with van der Waals surface area (Å²) < 4.78 is 6.58. The third-order valence-corrected chi connectivity index (χ3v) is 2.76. The molecule has 0 atom stereocenters. The molecule has 2 rings (SSSR count). The molecule has 1 amide bonds. The van der Waals surface area contributed by atoms with E-state index in [1.54, 1.807) is 31.3 Å². The Kier molecular flexibility index (Phi) is 4.88. The van der Waals surface area contributed by atoms with E-state index in [4.69, 9.17) is 4.74 Å². The van der Waals surface area contributed by atoms with E-state index in [-0.39, 0.29) is 23.5 Å². The van der Waals surface area contributed by atoms with E-state index >= 15 is 0 Å². The Hall–Kier alpha value is -2.70. The Morgan fingerprint density at radius 2 is 1.95 bits per heavy atom. The summed E-state index contributed by atoms with van der Waals surface area (Å²) in [6.07, 6.45) is 1.52. The van der Waals surface area contributed by atoms with Crippen LogP contribution < -0.4 is 5.32 Å². The van der Waals surface area contributed by atoms with Crippen LogP contribution in [0.25, 0.3) is 0 Å². The van der Waals surface area contributed by atoms with Crippen LogP contribution in [0, 0.1) is 5.92 Å². The van der Waals surface area contributed by atoms with Crippen molar-refractivity contribution in [2.45, 2.75) is 13.8 Å². The van der Waals surface area contributed by atoms with Crippen LogP contribution in [0.4, 0.5) is 5.69 Å². The smallest absolute Gasteiger partial charge is 0.338 e. The zero-order valence-corrected chi connectivity index (χ0v) is 12.7. The van der Waals surface area contributed by atoms with Crippen molar-refractivity contribution < 1.29 is 14.3 Å². The molecule has 0 unspecified atom stereocenters. The van der Waals surface area contributed by atoms with Crippen LogP contribution in [0.1, 0.15) is 34.7 Å². The minimum atomic E-state index is -0.375. The van der Waals surface area contributed by atoms with Crippen molar-refractivity contribution in [3.63, 3.8) is 0 Å². The number of hydrogen-bond acceptors (Lipinski definition) is 5. The van der Waals surface area contributed by atoms with E-state index in [9.17, 15) is 9.59 Å². The molecular weight excluding hydrogens is 284 g/mol. The fraction of sp³-hybridized carbons (Fsp3) is 0.333. The van der Waals surface area contributed by atoms with Crippen LogP contribution >= 0.6 is 0 Å². The highest BCUT2D eigenvalue weighted by Gasteiger charge is 2.11. The summed E-state index contributed by atoms with van der Waals surface area (Å²) in [6.45, 7) is 4.32. The van der Waals surface area contributed by atoms with E-state index in [1.807, 2.05) is 13.8 Å². The first kappa shape index (κ1) is 15.7. The zero-order valence-electron chi connectivity index (χ0n) is 12.7. The molecule has 0 saturated heterocycles. The average Bonchev–Trinajstić information content (AvgIpc) is 2.92. The highest BCUT2D eigenvalue weighted by atomic mass is 16.5. The van der Waals surface area contributed by atoms with Crippen LogP contribution in [-0.2, 0) is 11.8 Å². The lowest BCUT2D eigenvalue weighted by Crippen LogP contribution is -2.13. The Bertz CT molecular complexity index is 662. The molecule has 0 fully saturated rings. The molecular formula is C15H18N4O3. The highest BCUT2D eigenvalue weighted by Crippen LogP contribution is 2.12. The number of aromatic nitrogens is 3. The Balaban J connectivity index is 1.97. The lowest BCUT2D eigenvalue weighted by Gasteiger charge is -2.08. The number of hydrogen-bond donors (Lipinski definition) is 1. The molecule has 1 aromatic heterocycles. The Morgan fingerprint density at radius 1 is 1.27 bits per heavy atom. The summed E-state index contributed by atoms with van der Waals surface area (Å²) in [4.78, 5) is 23.7. The molecule has 0 bridgehead atoms. The first-order chi connectivity index (χ1) is 10.5. The first-order valence-electron chi connectivity index (χ1n) is 6.90. The monoisotopic (exact) mass is 302 g/mol. The van der Waals surface area contributed by atoms with E-state index in [2.05, 4.69) is 15.6 Å². The lowest BCUT2D eigenvalue weighted by molar-refractivity contribution is 0.0459. The third kappa shape index (κ3) is 4.15. The molecule has 0 spiro atoms. The van der Waals surface area contributed by atoms with Gasteiger partial charge in [-0.15, -0.1) is 5.10 Å². The molecule has 116 valence electrons. The van der Waals surface area contributed by atoms with E-state index in [0.29, 0.717) is 17.9 Å². The summed E-state index contributed by atoms with van der Waals surface area (Å²) >= 11 is 0. The van der Waals surface area contributed by atoms with Crippen LogP contribution in [0.2, 0.25) is 0 Å². The van der Waals surface area contributed by atoms with Gasteiger partial charge < -0.3 is 10.1 Å². The number of carbonyl (C=O) groups excluding carboxylic acids is 2. The van der Waals surface area contributed by atoms with Gasteiger partial charge in [-0.1, -0.05) is 19.1 Å². The van der Waals surface area contributed by atoms with Gasteiger partial charge in [0.25, 0.3) is 5.91 Å². The second-order valence-electron chi connectivity index (χ2n) is 5.30. The highest BCUT2D eigenvalue weighted by molar-refractivity contribution is 6.02. The van der Waals surface area contributed by atoms with Crippen molar-refractivity contribution in [3.8, 4) is 0 Å². The molecule has 7 heteroatoms.